The second kappa shape index (κ2) is 5.94. The van der Waals surface area contributed by atoms with Gasteiger partial charge < -0.3 is 15.0 Å². The summed E-state index contributed by atoms with van der Waals surface area (Å²) in [4.78, 5) is 25.5. The molecule has 0 saturated heterocycles. The van der Waals surface area contributed by atoms with Gasteiger partial charge in [-0.1, -0.05) is 6.92 Å². The SMILES string of the molecule is CCC(C)NC(=O)c1ccc2c(c1)N(C)C(=O)CCO2. The van der Waals surface area contributed by atoms with E-state index in [1.807, 2.05) is 13.8 Å². The zero-order chi connectivity index (χ0) is 14.7. The van der Waals surface area contributed by atoms with Crippen molar-refractivity contribution in [2.45, 2.75) is 32.7 Å². The monoisotopic (exact) mass is 276 g/mol. The van der Waals surface area contributed by atoms with Crippen LogP contribution in [0.1, 0.15) is 37.0 Å². The number of rotatable bonds is 3. The minimum absolute atomic E-state index is 0.0109. The highest BCUT2D eigenvalue weighted by atomic mass is 16.5. The second-order valence-corrected chi connectivity index (χ2v) is 5.02. The van der Waals surface area contributed by atoms with Gasteiger partial charge >= 0.3 is 0 Å². The molecule has 0 aliphatic carbocycles. The van der Waals surface area contributed by atoms with Crippen LogP contribution in [0.15, 0.2) is 18.2 Å². The molecule has 1 atom stereocenters. The molecule has 5 heteroatoms. The Hall–Kier alpha value is -2.04. The van der Waals surface area contributed by atoms with Crippen molar-refractivity contribution in [1.82, 2.24) is 5.32 Å². The van der Waals surface area contributed by atoms with Gasteiger partial charge in [0.1, 0.15) is 5.75 Å². The van der Waals surface area contributed by atoms with E-state index in [-0.39, 0.29) is 17.9 Å². The fourth-order valence-corrected chi connectivity index (χ4v) is 2.00. The summed E-state index contributed by atoms with van der Waals surface area (Å²) >= 11 is 0. The molecule has 1 aliphatic heterocycles. The van der Waals surface area contributed by atoms with E-state index in [9.17, 15) is 9.59 Å². The molecular weight excluding hydrogens is 256 g/mol. The minimum atomic E-state index is -0.132. The lowest BCUT2D eigenvalue weighted by molar-refractivity contribution is -0.118. The summed E-state index contributed by atoms with van der Waals surface area (Å²) in [7, 11) is 1.70. The van der Waals surface area contributed by atoms with Crippen LogP contribution in [0.25, 0.3) is 0 Å². The molecule has 1 aromatic carbocycles. The molecule has 0 fully saturated rings. The molecule has 20 heavy (non-hydrogen) atoms. The van der Waals surface area contributed by atoms with E-state index in [0.717, 1.165) is 6.42 Å². The van der Waals surface area contributed by atoms with Crippen LogP contribution in [0, 0.1) is 0 Å². The predicted molar refractivity (Wildman–Crippen MR) is 77.2 cm³/mol. The Morgan fingerprint density at radius 2 is 2.25 bits per heavy atom. The molecule has 0 radical (unpaired) electrons. The van der Waals surface area contributed by atoms with Crippen molar-refractivity contribution in [3.05, 3.63) is 23.8 Å². The summed E-state index contributed by atoms with van der Waals surface area (Å²) in [6.45, 7) is 4.34. The van der Waals surface area contributed by atoms with Gasteiger partial charge in [0.05, 0.1) is 18.7 Å². The van der Waals surface area contributed by atoms with E-state index in [4.69, 9.17) is 4.74 Å². The molecule has 1 aromatic rings. The Morgan fingerprint density at radius 1 is 1.50 bits per heavy atom. The highest BCUT2D eigenvalue weighted by molar-refractivity contribution is 5.99. The number of anilines is 1. The van der Waals surface area contributed by atoms with Gasteiger partial charge in [-0.05, 0) is 31.5 Å². The summed E-state index contributed by atoms with van der Waals surface area (Å²) in [6, 6.07) is 5.30. The second-order valence-electron chi connectivity index (χ2n) is 5.02. The van der Waals surface area contributed by atoms with Crippen LogP contribution in [0.2, 0.25) is 0 Å². The predicted octanol–water partition coefficient (Wildman–Crippen LogP) is 1.96. The quantitative estimate of drug-likeness (QED) is 0.918. The number of nitrogens with one attached hydrogen (secondary N) is 1. The Labute approximate surface area is 118 Å². The highest BCUT2D eigenvalue weighted by Gasteiger charge is 2.21. The average molecular weight is 276 g/mol. The van der Waals surface area contributed by atoms with Crippen molar-refractivity contribution >= 4 is 17.5 Å². The Morgan fingerprint density at radius 3 is 2.95 bits per heavy atom. The molecule has 0 aromatic heterocycles. The molecular formula is C15H20N2O3. The van der Waals surface area contributed by atoms with Crippen LogP contribution in [0.5, 0.6) is 5.75 Å². The summed E-state index contributed by atoms with van der Waals surface area (Å²) < 4.78 is 5.53. The van der Waals surface area contributed by atoms with Crippen molar-refractivity contribution in [3.63, 3.8) is 0 Å². The van der Waals surface area contributed by atoms with Crippen LogP contribution in [-0.4, -0.2) is 31.5 Å². The first-order chi connectivity index (χ1) is 9.52. The Bertz CT molecular complexity index is 528. The minimum Gasteiger partial charge on any atom is -0.491 e. The normalized spacial score (nSPS) is 15.9. The fraction of sp³-hybridized carbons (Fsp3) is 0.467. The third kappa shape index (κ3) is 2.92. The van der Waals surface area contributed by atoms with E-state index in [0.29, 0.717) is 30.0 Å². The molecule has 0 spiro atoms. The van der Waals surface area contributed by atoms with Gasteiger partial charge in [-0.3, -0.25) is 9.59 Å². The number of carbonyl (C=O) groups excluding carboxylic acids is 2. The van der Waals surface area contributed by atoms with E-state index < -0.39 is 0 Å². The first kappa shape index (κ1) is 14.4. The Balaban J connectivity index is 2.28. The number of ether oxygens (including phenoxy) is 1. The van der Waals surface area contributed by atoms with Gasteiger partial charge in [0, 0.05) is 18.7 Å². The molecule has 1 aliphatic rings. The van der Waals surface area contributed by atoms with Crippen molar-refractivity contribution in [2.75, 3.05) is 18.6 Å². The lowest BCUT2D eigenvalue weighted by atomic mass is 10.1. The third-order valence-electron chi connectivity index (χ3n) is 3.52. The zero-order valence-electron chi connectivity index (χ0n) is 12.1. The summed E-state index contributed by atoms with van der Waals surface area (Å²) in [5.74, 6) is 0.494. The van der Waals surface area contributed by atoms with Gasteiger partial charge in [-0.2, -0.15) is 0 Å². The van der Waals surface area contributed by atoms with Crippen molar-refractivity contribution in [1.29, 1.82) is 0 Å². The van der Waals surface area contributed by atoms with Gasteiger partial charge in [0.25, 0.3) is 5.91 Å². The largest absolute Gasteiger partial charge is 0.491 e. The summed E-state index contributed by atoms with van der Waals surface area (Å²) in [6.07, 6.45) is 1.22. The average Bonchev–Trinajstić information content (AvgIpc) is 2.58. The molecule has 1 heterocycles. The zero-order valence-corrected chi connectivity index (χ0v) is 12.1. The number of amides is 2. The maximum atomic E-state index is 12.1. The molecule has 2 rings (SSSR count). The maximum absolute atomic E-state index is 12.1. The van der Waals surface area contributed by atoms with E-state index in [1.165, 1.54) is 0 Å². The molecule has 2 amide bonds. The molecule has 5 nitrogen and oxygen atoms in total. The van der Waals surface area contributed by atoms with Crippen molar-refractivity contribution in [3.8, 4) is 5.75 Å². The number of benzene rings is 1. The van der Waals surface area contributed by atoms with E-state index in [2.05, 4.69) is 5.32 Å². The van der Waals surface area contributed by atoms with Crippen molar-refractivity contribution in [2.24, 2.45) is 0 Å². The van der Waals surface area contributed by atoms with Crippen LogP contribution >= 0.6 is 0 Å². The first-order valence-corrected chi connectivity index (χ1v) is 6.87. The standard InChI is InChI=1S/C15H20N2O3/c1-4-10(2)16-15(19)11-5-6-13-12(9-11)17(3)14(18)7-8-20-13/h5-6,9-10H,4,7-8H2,1-3H3,(H,16,19). The number of carbonyl (C=O) groups is 2. The molecule has 1 unspecified atom stereocenters. The fourth-order valence-electron chi connectivity index (χ4n) is 2.00. The molecule has 0 saturated carbocycles. The van der Waals surface area contributed by atoms with Gasteiger partial charge in [0.2, 0.25) is 5.91 Å². The van der Waals surface area contributed by atoms with Gasteiger partial charge in [0.15, 0.2) is 0 Å². The van der Waals surface area contributed by atoms with Crippen LogP contribution in [0.4, 0.5) is 5.69 Å². The number of fused-ring (bicyclic) bond motifs is 1. The van der Waals surface area contributed by atoms with E-state index in [1.54, 1.807) is 30.1 Å². The first-order valence-electron chi connectivity index (χ1n) is 6.87. The van der Waals surface area contributed by atoms with Crippen molar-refractivity contribution < 1.29 is 14.3 Å². The smallest absolute Gasteiger partial charge is 0.251 e. The number of nitrogens with zero attached hydrogens (tertiary/aromatic N) is 1. The summed E-state index contributed by atoms with van der Waals surface area (Å²) in [5, 5.41) is 2.91. The van der Waals surface area contributed by atoms with Crippen LogP contribution in [-0.2, 0) is 4.79 Å². The summed E-state index contributed by atoms with van der Waals surface area (Å²) in [5.41, 5.74) is 1.18. The van der Waals surface area contributed by atoms with Gasteiger partial charge in [-0.25, -0.2) is 0 Å². The number of hydrogen-bond acceptors (Lipinski definition) is 3. The number of hydrogen-bond donors (Lipinski definition) is 1. The molecule has 108 valence electrons. The topological polar surface area (TPSA) is 58.6 Å². The van der Waals surface area contributed by atoms with Gasteiger partial charge in [-0.15, -0.1) is 0 Å². The molecule has 0 bridgehead atoms. The van der Waals surface area contributed by atoms with Crippen LogP contribution < -0.4 is 15.0 Å². The lowest BCUT2D eigenvalue weighted by Gasteiger charge is -2.18. The van der Waals surface area contributed by atoms with E-state index >= 15 is 0 Å². The van der Waals surface area contributed by atoms with Crippen LogP contribution in [0.3, 0.4) is 0 Å². The lowest BCUT2D eigenvalue weighted by Crippen LogP contribution is -2.32. The molecule has 1 N–H and O–H groups in total. The highest BCUT2D eigenvalue weighted by Crippen LogP contribution is 2.31. The third-order valence-corrected chi connectivity index (χ3v) is 3.52. The Kier molecular flexibility index (Phi) is 4.27. The maximum Gasteiger partial charge on any atom is 0.251 e.